The number of rotatable bonds is 6. The Bertz CT molecular complexity index is 962. The van der Waals surface area contributed by atoms with Crippen LogP contribution >= 0.6 is 0 Å². The second kappa shape index (κ2) is 8.30. The molecule has 1 amide bonds. The van der Waals surface area contributed by atoms with Crippen molar-refractivity contribution in [3.8, 4) is 0 Å². The summed E-state index contributed by atoms with van der Waals surface area (Å²) >= 11 is 0. The van der Waals surface area contributed by atoms with Crippen LogP contribution in [0.1, 0.15) is 37.4 Å². The van der Waals surface area contributed by atoms with Gasteiger partial charge in [-0.25, -0.2) is 8.42 Å². The molecule has 1 unspecified atom stereocenters. The summed E-state index contributed by atoms with van der Waals surface area (Å²) in [5, 5.41) is 2.92. The average Bonchev–Trinajstić information content (AvgIpc) is 3.44. The molecule has 2 aromatic rings. The van der Waals surface area contributed by atoms with Gasteiger partial charge in [0.05, 0.1) is 17.1 Å². The first kappa shape index (κ1) is 20.1. The normalized spacial score (nSPS) is 22.8. The molecule has 2 atom stereocenters. The summed E-state index contributed by atoms with van der Waals surface area (Å²) in [7, 11) is -1.38. The van der Waals surface area contributed by atoms with Gasteiger partial charge in [-0.2, -0.15) is 4.31 Å². The molecule has 8 heteroatoms. The van der Waals surface area contributed by atoms with Crippen LogP contribution in [0.2, 0.25) is 0 Å². The van der Waals surface area contributed by atoms with Crippen LogP contribution in [0.25, 0.3) is 0 Å². The van der Waals surface area contributed by atoms with Crippen LogP contribution < -0.4 is 10.2 Å². The Morgan fingerprint density at radius 2 is 1.86 bits per heavy atom. The summed E-state index contributed by atoms with van der Waals surface area (Å²) < 4.78 is 28.9. The Kier molecular flexibility index (Phi) is 5.76. The highest BCUT2D eigenvalue weighted by atomic mass is 32.2. The number of hydrogen-bond donors (Lipinski definition) is 2. The van der Waals surface area contributed by atoms with Crippen LogP contribution in [0, 0.1) is 0 Å². The lowest BCUT2D eigenvalue weighted by Gasteiger charge is -2.21. The van der Waals surface area contributed by atoms with Crippen molar-refractivity contribution in [1.29, 1.82) is 0 Å². The van der Waals surface area contributed by atoms with Crippen LogP contribution in [0.5, 0.6) is 0 Å². The summed E-state index contributed by atoms with van der Waals surface area (Å²) in [6.07, 6.45) is 6.07. The van der Waals surface area contributed by atoms with Crippen LogP contribution in [-0.2, 0) is 21.9 Å². The molecule has 0 spiro atoms. The molecule has 2 aliphatic rings. The van der Waals surface area contributed by atoms with E-state index in [1.54, 1.807) is 24.3 Å². The van der Waals surface area contributed by atoms with E-state index in [1.165, 1.54) is 14.9 Å². The third kappa shape index (κ3) is 4.24. The highest BCUT2D eigenvalue weighted by Crippen LogP contribution is 2.22. The number of benzene rings is 1. The molecule has 0 aliphatic carbocycles. The van der Waals surface area contributed by atoms with Gasteiger partial charge in [0, 0.05) is 44.9 Å². The third-order valence-electron chi connectivity index (χ3n) is 6.05. The van der Waals surface area contributed by atoms with E-state index in [0.717, 1.165) is 32.2 Å². The summed E-state index contributed by atoms with van der Waals surface area (Å²) in [6, 6.07) is 11.0. The van der Waals surface area contributed by atoms with Gasteiger partial charge in [-0.05, 0) is 49.2 Å². The van der Waals surface area contributed by atoms with Gasteiger partial charge in [0.15, 0.2) is 6.54 Å². The number of anilines is 1. The van der Waals surface area contributed by atoms with Crippen molar-refractivity contribution in [1.82, 2.24) is 8.87 Å². The standard InChI is InChI=1S/C21H28N4O3S/c1-23-12-4-6-19(23)20-7-5-13-24(20)16-21(26)22-17-8-10-18(11-9-17)29(27,28)25-14-2-3-15-25/h4,6,8-12,20H,2-3,5,7,13-16H2,1H3,(H,22,26)/p+1/t20-/m0/s1. The number of aromatic nitrogens is 1. The van der Waals surface area contributed by atoms with Gasteiger partial charge in [0.2, 0.25) is 10.0 Å². The molecule has 156 valence electrons. The molecule has 7 nitrogen and oxygen atoms in total. The predicted octanol–water partition coefficient (Wildman–Crippen LogP) is 1.17. The number of nitrogens with one attached hydrogen (secondary N) is 2. The summed E-state index contributed by atoms with van der Waals surface area (Å²) in [5.41, 5.74) is 1.89. The number of nitrogens with zero attached hydrogens (tertiary/aromatic N) is 2. The van der Waals surface area contributed by atoms with E-state index in [4.69, 9.17) is 0 Å². The fraction of sp³-hybridized carbons (Fsp3) is 0.476. The Morgan fingerprint density at radius 3 is 2.52 bits per heavy atom. The number of aryl methyl sites for hydroxylation is 1. The maximum absolute atomic E-state index is 12.6. The molecule has 0 saturated carbocycles. The molecule has 2 N–H and O–H groups in total. The van der Waals surface area contributed by atoms with E-state index >= 15 is 0 Å². The minimum absolute atomic E-state index is 0.0451. The molecule has 1 aromatic heterocycles. The van der Waals surface area contributed by atoms with Crippen LogP contribution in [-0.4, -0.2) is 49.4 Å². The van der Waals surface area contributed by atoms with E-state index in [1.807, 2.05) is 19.3 Å². The first-order valence-corrected chi connectivity index (χ1v) is 11.7. The van der Waals surface area contributed by atoms with Crippen molar-refractivity contribution in [2.24, 2.45) is 7.05 Å². The van der Waals surface area contributed by atoms with E-state index in [2.05, 4.69) is 16.0 Å². The maximum atomic E-state index is 12.6. The van der Waals surface area contributed by atoms with E-state index in [9.17, 15) is 13.2 Å². The molecule has 0 radical (unpaired) electrons. The zero-order valence-electron chi connectivity index (χ0n) is 16.8. The quantitative estimate of drug-likeness (QED) is 0.741. The van der Waals surface area contributed by atoms with Crippen LogP contribution in [0.4, 0.5) is 5.69 Å². The van der Waals surface area contributed by atoms with Crippen molar-refractivity contribution in [2.45, 2.75) is 36.6 Å². The number of likely N-dealkylation sites (tertiary alicyclic amines) is 1. The topological polar surface area (TPSA) is 75.8 Å². The minimum atomic E-state index is -3.42. The van der Waals surface area contributed by atoms with Gasteiger partial charge >= 0.3 is 0 Å². The molecule has 4 rings (SSSR count). The summed E-state index contributed by atoms with van der Waals surface area (Å²) in [4.78, 5) is 14.2. The van der Waals surface area contributed by atoms with Crippen molar-refractivity contribution in [3.05, 3.63) is 48.3 Å². The SMILES string of the molecule is Cn1cccc1[C@@H]1CCC[NH+]1CC(=O)Nc1ccc(S(=O)(=O)N2CCCC2)cc1. The van der Waals surface area contributed by atoms with Crippen molar-refractivity contribution in [2.75, 3.05) is 31.5 Å². The lowest BCUT2D eigenvalue weighted by atomic mass is 10.1. The first-order valence-electron chi connectivity index (χ1n) is 10.3. The lowest BCUT2D eigenvalue weighted by molar-refractivity contribution is -0.910. The van der Waals surface area contributed by atoms with Crippen molar-refractivity contribution in [3.63, 3.8) is 0 Å². The fourth-order valence-corrected chi connectivity index (χ4v) is 6.03. The van der Waals surface area contributed by atoms with E-state index < -0.39 is 10.0 Å². The van der Waals surface area contributed by atoms with Crippen LogP contribution in [0.3, 0.4) is 0 Å². The number of hydrogen-bond acceptors (Lipinski definition) is 3. The number of sulfonamides is 1. The second-order valence-corrected chi connectivity index (χ2v) is 9.95. The molecule has 2 fully saturated rings. The molecular weight excluding hydrogens is 388 g/mol. The molecule has 0 bridgehead atoms. The monoisotopic (exact) mass is 417 g/mol. The van der Waals surface area contributed by atoms with Gasteiger partial charge in [0.1, 0.15) is 6.04 Å². The zero-order chi connectivity index (χ0) is 20.4. The molecule has 2 aliphatic heterocycles. The minimum Gasteiger partial charge on any atom is -0.350 e. The molecular formula is C21H29N4O3S+. The Hall–Kier alpha value is -2.16. The Morgan fingerprint density at radius 1 is 1.14 bits per heavy atom. The van der Waals surface area contributed by atoms with Gasteiger partial charge in [-0.1, -0.05) is 0 Å². The van der Waals surface area contributed by atoms with Gasteiger partial charge in [0.25, 0.3) is 5.91 Å². The van der Waals surface area contributed by atoms with Crippen LogP contribution in [0.15, 0.2) is 47.5 Å². The number of quaternary nitrogens is 1. The largest absolute Gasteiger partial charge is 0.350 e. The highest BCUT2D eigenvalue weighted by molar-refractivity contribution is 7.89. The summed E-state index contributed by atoms with van der Waals surface area (Å²) in [5.74, 6) is -0.0451. The summed E-state index contributed by atoms with van der Waals surface area (Å²) in [6.45, 7) is 2.56. The lowest BCUT2D eigenvalue weighted by Crippen LogP contribution is -3.11. The van der Waals surface area contributed by atoms with Crippen molar-refractivity contribution >= 4 is 21.6 Å². The average molecular weight is 418 g/mol. The molecule has 29 heavy (non-hydrogen) atoms. The Labute approximate surface area is 172 Å². The second-order valence-electron chi connectivity index (χ2n) is 8.01. The van der Waals surface area contributed by atoms with Crippen molar-refractivity contribution < 1.29 is 18.1 Å². The molecule has 2 saturated heterocycles. The number of amides is 1. The first-order chi connectivity index (χ1) is 13.9. The number of carbonyl (C=O) groups is 1. The zero-order valence-corrected chi connectivity index (χ0v) is 17.6. The maximum Gasteiger partial charge on any atom is 0.279 e. The van der Waals surface area contributed by atoms with E-state index in [0.29, 0.717) is 31.4 Å². The highest BCUT2D eigenvalue weighted by Gasteiger charge is 2.33. The fourth-order valence-electron chi connectivity index (χ4n) is 4.52. The molecule has 3 heterocycles. The smallest absolute Gasteiger partial charge is 0.279 e. The van der Waals surface area contributed by atoms with Gasteiger partial charge in [-0.15, -0.1) is 0 Å². The number of carbonyl (C=O) groups excluding carboxylic acids is 1. The van der Waals surface area contributed by atoms with Gasteiger partial charge < -0.3 is 14.8 Å². The van der Waals surface area contributed by atoms with E-state index in [-0.39, 0.29) is 10.8 Å². The van der Waals surface area contributed by atoms with Gasteiger partial charge in [-0.3, -0.25) is 4.79 Å². The predicted molar refractivity (Wildman–Crippen MR) is 111 cm³/mol. The molecule has 1 aromatic carbocycles. The third-order valence-corrected chi connectivity index (χ3v) is 7.97. The Balaban J connectivity index is 1.38.